The van der Waals surface area contributed by atoms with Gasteiger partial charge < -0.3 is 10.4 Å². The van der Waals surface area contributed by atoms with Gasteiger partial charge in [0.05, 0.1) is 12.3 Å². The number of carbonyl (C=O) groups is 1. The van der Waals surface area contributed by atoms with Crippen LogP contribution in [0.2, 0.25) is 0 Å². The standard InChI is InChI=1S/C14H16N2O2S/c1-10(18)15-14-16-13(9-19-14)6-5-11-3-2-4-12(7-11)8-17/h2-4,7,9,17H,5-6,8H2,1H3,(H,15,16,18). The van der Waals surface area contributed by atoms with Gasteiger partial charge in [-0.25, -0.2) is 4.98 Å². The Morgan fingerprint density at radius 1 is 1.37 bits per heavy atom. The highest BCUT2D eigenvalue weighted by Crippen LogP contribution is 2.17. The molecule has 0 spiro atoms. The quantitative estimate of drug-likeness (QED) is 0.881. The van der Waals surface area contributed by atoms with Crippen LogP contribution in [0.15, 0.2) is 29.6 Å². The molecule has 4 nitrogen and oxygen atoms in total. The van der Waals surface area contributed by atoms with Gasteiger partial charge in [-0.1, -0.05) is 24.3 Å². The first-order valence-corrected chi connectivity index (χ1v) is 6.96. The lowest BCUT2D eigenvalue weighted by Gasteiger charge is -2.02. The third-order valence-electron chi connectivity index (χ3n) is 2.68. The van der Waals surface area contributed by atoms with Crippen LogP contribution in [0.3, 0.4) is 0 Å². The van der Waals surface area contributed by atoms with Crippen molar-refractivity contribution in [2.75, 3.05) is 5.32 Å². The van der Waals surface area contributed by atoms with Gasteiger partial charge in [0.15, 0.2) is 5.13 Å². The number of aromatic nitrogens is 1. The van der Waals surface area contributed by atoms with Crippen molar-refractivity contribution < 1.29 is 9.90 Å². The first-order chi connectivity index (χ1) is 9.17. The maximum absolute atomic E-state index is 10.9. The van der Waals surface area contributed by atoms with Crippen molar-refractivity contribution in [3.8, 4) is 0 Å². The molecule has 0 saturated carbocycles. The van der Waals surface area contributed by atoms with Gasteiger partial charge in [0.25, 0.3) is 0 Å². The summed E-state index contributed by atoms with van der Waals surface area (Å²) in [7, 11) is 0. The molecule has 0 aliphatic heterocycles. The number of rotatable bonds is 5. The van der Waals surface area contributed by atoms with E-state index in [1.165, 1.54) is 23.8 Å². The van der Waals surface area contributed by atoms with Gasteiger partial charge in [0.2, 0.25) is 5.91 Å². The molecular weight excluding hydrogens is 260 g/mol. The number of benzene rings is 1. The molecule has 1 aromatic heterocycles. The number of carbonyl (C=O) groups excluding carboxylic acids is 1. The highest BCUT2D eigenvalue weighted by Gasteiger charge is 2.04. The molecular formula is C14H16N2O2S. The van der Waals surface area contributed by atoms with E-state index in [0.29, 0.717) is 5.13 Å². The van der Waals surface area contributed by atoms with Crippen molar-refractivity contribution in [1.82, 2.24) is 4.98 Å². The van der Waals surface area contributed by atoms with Gasteiger partial charge in [-0.2, -0.15) is 0 Å². The number of hydrogen-bond acceptors (Lipinski definition) is 4. The molecule has 0 bridgehead atoms. The first-order valence-electron chi connectivity index (χ1n) is 6.08. The minimum Gasteiger partial charge on any atom is -0.392 e. The summed E-state index contributed by atoms with van der Waals surface area (Å²) in [4.78, 5) is 15.2. The third-order valence-corrected chi connectivity index (χ3v) is 3.49. The van der Waals surface area contributed by atoms with E-state index in [1.807, 2.05) is 29.6 Å². The molecule has 0 radical (unpaired) electrons. The largest absolute Gasteiger partial charge is 0.392 e. The Labute approximate surface area is 116 Å². The molecule has 0 atom stereocenters. The van der Waals surface area contributed by atoms with Gasteiger partial charge in [-0.3, -0.25) is 4.79 Å². The van der Waals surface area contributed by atoms with E-state index in [9.17, 15) is 4.79 Å². The van der Waals surface area contributed by atoms with Crippen molar-refractivity contribution in [3.63, 3.8) is 0 Å². The average molecular weight is 276 g/mol. The summed E-state index contributed by atoms with van der Waals surface area (Å²) in [5.41, 5.74) is 3.08. The van der Waals surface area contributed by atoms with Crippen molar-refractivity contribution in [2.24, 2.45) is 0 Å². The maximum atomic E-state index is 10.9. The molecule has 0 aliphatic rings. The summed E-state index contributed by atoms with van der Waals surface area (Å²) < 4.78 is 0. The van der Waals surface area contributed by atoms with E-state index in [1.54, 1.807) is 0 Å². The van der Waals surface area contributed by atoms with Crippen LogP contribution in [-0.2, 0) is 24.2 Å². The highest BCUT2D eigenvalue weighted by molar-refractivity contribution is 7.13. The van der Waals surface area contributed by atoms with E-state index in [2.05, 4.69) is 10.3 Å². The number of hydrogen-bond donors (Lipinski definition) is 2. The van der Waals surface area contributed by atoms with E-state index in [4.69, 9.17) is 5.11 Å². The van der Waals surface area contributed by atoms with E-state index >= 15 is 0 Å². The number of nitrogens with zero attached hydrogens (tertiary/aromatic N) is 1. The van der Waals surface area contributed by atoms with Gasteiger partial charge >= 0.3 is 0 Å². The third kappa shape index (κ3) is 4.15. The van der Waals surface area contributed by atoms with Crippen molar-refractivity contribution in [3.05, 3.63) is 46.5 Å². The number of aliphatic hydroxyl groups excluding tert-OH is 1. The number of amides is 1. The monoisotopic (exact) mass is 276 g/mol. The average Bonchev–Trinajstić information content (AvgIpc) is 2.83. The predicted molar refractivity (Wildman–Crippen MR) is 76.2 cm³/mol. The van der Waals surface area contributed by atoms with Crippen LogP contribution in [0.5, 0.6) is 0 Å². The Morgan fingerprint density at radius 3 is 2.89 bits per heavy atom. The fourth-order valence-corrected chi connectivity index (χ4v) is 2.58. The van der Waals surface area contributed by atoms with Crippen molar-refractivity contribution in [1.29, 1.82) is 0 Å². The number of anilines is 1. The molecule has 19 heavy (non-hydrogen) atoms. The fraction of sp³-hybridized carbons (Fsp3) is 0.286. The van der Waals surface area contributed by atoms with Crippen LogP contribution >= 0.6 is 11.3 Å². The first kappa shape index (κ1) is 13.7. The molecule has 0 unspecified atom stereocenters. The Hall–Kier alpha value is -1.72. The minimum absolute atomic E-state index is 0.0667. The second-order valence-electron chi connectivity index (χ2n) is 4.30. The molecule has 0 fully saturated rings. The van der Waals surface area contributed by atoms with Crippen LogP contribution in [0.1, 0.15) is 23.7 Å². The molecule has 1 aromatic carbocycles. The second-order valence-corrected chi connectivity index (χ2v) is 5.16. The number of aryl methyl sites for hydroxylation is 2. The zero-order chi connectivity index (χ0) is 13.7. The number of nitrogens with one attached hydrogen (secondary N) is 1. The lowest BCUT2D eigenvalue weighted by Crippen LogP contribution is -2.05. The summed E-state index contributed by atoms with van der Waals surface area (Å²) in [5, 5.41) is 14.4. The summed E-state index contributed by atoms with van der Waals surface area (Å²) in [6.07, 6.45) is 1.70. The summed E-state index contributed by atoms with van der Waals surface area (Å²) >= 11 is 1.44. The zero-order valence-electron chi connectivity index (χ0n) is 10.7. The van der Waals surface area contributed by atoms with E-state index < -0.39 is 0 Å². The molecule has 2 aromatic rings. The molecule has 2 rings (SSSR count). The van der Waals surface area contributed by atoms with Crippen LogP contribution < -0.4 is 5.32 Å². The molecule has 100 valence electrons. The smallest absolute Gasteiger partial charge is 0.223 e. The molecule has 2 N–H and O–H groups in total. The summed E-state index contributed by atoms with van der Waals surface area (Å²) in [6, 6.07) is 7.90. The van der Waals surface area contributed by atoms with Crippen LogP contribution in [0.4, 0.5) is 5.13 Å². The number of thiazole rings is 1. The highest BCUT2D eigenvalue weighted by atomic mass is 32.1. The lowest BCUT2D eigenvalue weighted by molar-refractivity contribution is -0.114. The SMILES string of the molecule is CC(=O)Nc1nc(CCc2cccc(CO)c2)cs1. The topological polar surface area (TPSA) is 62.2 Å². The van der Waals surface area contributed by atoms with E-state index in [-0.39, 0.29) is 12.5 Å². The molecule has 1 heterocycles. The van der Waals surface area contributed by atoms with Crippen molar-refractivity contribution >= 4 is 22.4 Å². The number of aliphatic hydroxyl groups is 1. The Morgan fingerprint density at radius 2 is 2.16 bits per heavy atom. The van der Waals surface area contributed by atoms with Crippen LogP contribution in [-0.4, -0.2) is 16.0 Å². The molecule has 0 aliphatic carbocycles. The fourth-order valence-electron chi connectivity index (χ4n) is 1.79. The predicted octanol–water partition coefficient (Wildman–Crippen LogP) is 2.38. The lowest BCUT2D eigenvalue weighted by atomic mass is 10.1. The second kappa shape index (κ2) is 6.45. The Balaban J connectivity index is 1.94. The maximum Gasteiger partial charge on any atom is 0.223 e. The zero-order valence-corrected chi connectivity index (χ0v) is 11.5. The summed E-state index contributed by atoms with van der Waals surface area (Å²) in [5.74, 6) is -0.100. The Bertz CT molecular complexity index is 566. The van der Waals surface area contributed by atoms with E-state index in [0.717, 1.165) is 24.1 Å². The van der Waals surface area contributed by atoms with Crippen LogP contribution in [0, 0.1) is 0 Å². The molecule has 1 amide bonds. The van der Waals surface area contributed by atoms with Crippen LogP contribution in [0.25, 0.3) is 0 Å². The van der Waals surface area contributed by atoms with Gasteiger partial charge in [0.1, 0.15) is 0 Å². The Kier molecular flexibility index (Phi) is 4.65. The normalized spacial score (nSPS) is 10.4. The van der Waals surface area contributed by atoms with Gasteiger partial charge in [-0.15, -0.1) is 11.3 Å². The molecule has 5 heteroatoms. The molecule has 0 saturated heterocycles. The van der Waals surface area contributed by atoms with Gasteiger partial charge in [-0.05, 0) is 24.0 Å². The minimum atomic E-state index is -0.100. The van der Waals surface area contributed by atoms with Crippen molar-refractivity contribution in [2.45, 2.75) is 26.4 Å². The summed E-state index contributed by atoms with van der Waals surface area (Å²) in [6.45, 7) is 1.54. The van der Waals surface area contributed by atoms with Gasteiger partial charge in [0, 0.05) is 12.3 Å².